The van der Waals surface area contributed by atoms with Crippen LogP contribution in [0.3, 0.4) is 0 Å². The van der Waals surface area contributed by atoms with Crippen LogP contribution in [0.25, 0.3) is 0 Å². The van der Waals surface area contributed by atoms with E-state index in [1.807, 2.05) is 30.3 Å². The summed E-state index contributed by atoms with van der Waals surface area (Å²) in [6.45, 7) is 1.49. The Hall–Kier alpha value is -0.860. The summed E-state index contributed by atoms with van der Waals surface area (Å²) in [4.78, 5) is 4.30. The number of rotatable bonds is 2. The number of hydrogen-bond donors (Lipinski definition) is 1. The maximum Gasteiger partial charge on any atom is 0.136 e. The fraction of sp³-hybridized carbons (Fsp3) is 0. The molecule has 0 saturated heterocycles. The molecule has 0 heterocycles. The van der Waals surface area contributed by atoms with E-state index in [0.717, 1.165) is 5.56 Å². The minimum absolute atomic E-state index is 0.972. The summed E-state index contributed by atoms with van der Waals surface area (Å²) >= 11 is 0. The molecule has 0 aliphatic carbocycles. The van der Waals surface area contributed by atoms with Crippen molar-refractivity contribution in [3.8, 4) is 0 Å². The van der Waals surface area contributed by atoms with E-state index in [2.05, 4.69) is 4.84 Å². The van der Waals surface area contributed by atoms with Gasteiger partial charge in [0.15, 0.2) is 0 Å². The zero-order chi connectivity index (χ0) is 6.53. The molecule has 0 aromatic heterocycles. The fourth-order valence-electron chi connectivity index (χ4n) is 0.610. The van der Waals surface area contributed by atoms with E-state index in [-0.39, 0.29) is 0 Å². The van der Waals surface area contributed by atoms with Gasteiger partial charge in [0.1, 0.15) is 6.61 Å². The monoisotopic (exact) mass is 122 g/mol. The van der Waals surface area contributed by atoms with Crippen LogP contribution in [0, 0.1) is 6.61 Å². The normalized spacial score (nSPS) is 9.44. The molecule has 0 atom stereocenters. The van der Waals surface area contributed by atoms with Gasteiger partial charge in [0.2, 0.25) is 0 Å². The van der Waals surface area contributed by atoms with Crippen LogP contribution >= 0.6 is 0 Å². The van der Waals surface area contributed by atoms with Crippen molar-refractivity contribution in [2.75, 3.05) is 0 Å². The lowest BCUT2D eigenvalue weighted by Gasteiger charge is -1.93. The molecule has 2 nitrogen and oxygen atoms in total. The SMILES string of the molecule is NO[CH]c1ccccc1. The third-order valence-electron chi connectivity index (χ3n) is 1.00. The molecule has 1 radical (unpaired) electrons. The quantitative estimate of drug-likeness (QED) is 0.596. The molecule has 1 rings (SSSR count). The van der Waals surface area contributed by atoms with Crippen LogP contribution in [0.15, 0.2) is 30.3 Å². The second kappa shape index (κ2) is 3.22. The molecule has 0 saturated carbocycles. The first-order valence-electron chi connectivity index (χ1n) is 2.67. The Morgan fingerprint density at radius 3 is 2.44 bits per heavy atom. The molecule has 9 heavy (non-hydrogen) atoms. The number of nitrogens with two attached hydrogens (primary N) is 1. The van der Waals surface area contributed by atoms with Crippen LogP contribution in [0.4, 0.5) is 0 Å². The Balaban J connectivity index is 2.61. The van der Waals surface area contributed by atoms with E-state index in [4.69, 9.17) is 5.90 Å². The van der Waals surface area contributed by atoms with Crippen molar-refractivity contribution in [3.05, 3.63) is 42.5 Å². The van der Waals surface area contributed by atoms with Gasteiger partial charge < -0.3 is 0 Å². The van der Waals surface area contributed by atoms with Gasteiger partial charge in [0.05, 0.1) is 0 Å². The predicted octanol–water partition coefficient (Wildman–Crippen LogP) is 1.09. The third-order valence-corrected chi connectivity index (χ3v) is 1.00. The summed E-state index contributed by atoms with van der Waals surface area (Å²) in [6, 6.07) is 9.60. The number of benzene rings is 1. The van der Waals surface area contributed by atoms with Crippen LogP contribution in [0.5, 0.6) is 0 Å². The van der Waals surface area contributed by atoms with Gasteiger partial charge in [0.25, 0.3) is 0 Å². The molecule has 0 bridgehead atoms. The highest BCUT2D eigenvalue weighted by atomic mass is 16.6. The molecule has 0 spiro atoms. The summed E-state index contributed by atoms with van der Waals surface area (Å²) < 4.78 is 0. The standard InChI is InChI=1S/C7H8NO/c8-9-6-7-4-2-1-3-5-7/h1-6H,8H2. The zero-order valence-electron chi connectivity index (χ0n) is 4.95. The molecule has 1 aromatic rings. The van der Waals surface area contributed by atoms with Crippen molar-refractivity contribution in [2.24, 2.45) is 5.90 Å². The van der Waals surface area contributed by atoms with Gasteiger partial charge in [-0.05, 0) is 5.56 Å². The molecular weight excluding hydrogens is 114 g/mol. The maximum atomic E-state index is 4.80. The molecule has 2 N–H and O–H groups in total. The van der Waals surface area contributed by atoms with Crippen molar-refractivity contribution in [2.45, 2.75) is 0 Å². The lowest BCUT2D eigenvalue weighted by atomic mass is 10.2. The summed E-state index contributed by atoms with van der Waals surface area (Å²) in [5.41, 5.74) is 0.972. The van der Waals surface area contributed by atoms with E-state index >= 15 is 0 Å². The highest BCUT2D eigenvalue weighted by Gasteiger charge is 1.86. The lowest BCUT2D eigenvalue weighted by molar-refractivity contribution is 0.221. The van der Waals surface area contributed by atoms with Gasteiger partial charge in [-0.1, -0.05) is 30.3 Å². The second-order valence-electron chi connectivity index (χ2n) is 1.66. The van der Waals surface area contributed by atoms with Crippen molar-refractivity contribution < 1.29 is 4.84 Å². The Morgan fingerprint density at radius 2 is 1.89 bits per heavy atom. The van der Waals surface area contributed by atoms with E-state index in [1.54, 1.807) is 0 Å². The molecule has 0 aliphatic heterocycles. The van der Waals surface area contributed by atoms with Crippen molar-refractivity contribution in [1.82, 2.24) is 0 Å². The van der Waals surface area contributed by atoms with Crippen molar-refractivity contribution in [3.63, 3.8) is 0 Å². The first-order valence-corrected chi connectivity index (χ1v) is 2.67. The zero-order valence-corrected chi connectivity index (χ0v) is 4.95. The Kier molecular flexibility index (Phi) is 2.24. The van der Waals surface area contributed by atoms with E-state index in [9.17, 15) is 0 Å². The smallest absolute Gasteiger partial charge is 0.136 e. The van der Waals surface area contributed by atoms with Crippen LogP contribution in [-0.4, -0.2) is 0 Å². The highest BCUT2D eigenvalue weighted by Crippen LogP contribution is 1.99. The van der Waals surface area contributed by atoms with Gasteiger partial charge in [-0.15, -0.1) is 0 Å². The average molecular weight is 122 g/mol. The Bertz CT molecular complexity index is 162. The third kappa shape index (κ3) is 1.83. The summed E-state index contributed by atoms with van der Waals surface area (Å²) in [5, 5.41) is 0. The average Bonchev–Trinajstić information content (AvgIpc) is 1.91. The molecule has 0 unspecified atom stereocenters. The summed E-state index contributed by atoms with van der Waals surface area (Å²) in [5.74, 6) is 4.80. The maximum absolute atomic E-state index is 4.80. The highest BCUT2D eigenvalue weighted by molar-refractivity contribution is 5.19. The summed E-state index contributed by atoms with van der Waals surface area (Å²) in [7, 11) is 0. The van der Waals surface area contributed by atoms with Crippen LogP contribution < -0.4 is 5.90 Å². The van der Waals surface area contributed by atoms with Crippen molar-refractivity contribution >= 4 is 0 Å². The van der Waals surface area contributed by atoms with Crippen LogP contribution in [0.2, 0.25) is 0 Å². The topological polar surface area (TPSA) is 35.2 Å². The Labute approximate surface area is 54.2 Å². The molecule has 1 aromatic carbocycles. The van der Waals surface area contributed by atoms with Gasteiger partial charge in [0, 0.05) is 0 Å². The van der Waals surface area contributed by atoms with E-state index in [1.165, 1.54) is 6.61 Å². The molecule has 0 aliphatic rings. The lowest BCUT2D eigenvalue weighted by Crippen LogP contribution is -1.95. The molecule has 2 heteroatoms. The van der Waals surface area contributed by atoms with Gasteiger partial charge in [-0.2, -0.15) is 0 Å². The van der Waals surface area contributed by atoms with Crippen LogP contribution in [0.1, 0.15) is 5.56 Å². The minimum atomic E-state index is 0.972. The van der Waals surface area contributed by atoms with Crippen LogP contribution in [-0.2, 0) is 4.84 Å². The summed E-state index contributed by atoms with van der Waals surface area (Å²) in [6.07, 6.45) is 0. The Morgan fingerprint density at radius 1 is 1.22 bits per heavy atom. The van der Waals surface area contributed by atoms with Gasteiger partial charge in [-0.25, -0.2) is 5.90 Å². The fourth-order valence-corrected chi connectivity index (χ4v) is 0.610. The molecule has 0 amide bonds. The first-order chi connectivity index (χ1) is 4.43. The molecule has 47 valence electrons. The molecule has 0 fully saturated rings. The molecular formula is C7H8NO. The van der Waals surface area contributed by atoms with Gasteiger partial charge >= 0.3 is 0 Å². The van der Waals surface area contributed by atoms with Gasteiger partial charge in [-0.3, -0.25) is 4.84 Å². The number of hydrogen-bond acceptors (Lipinski definition) is 2. The van der Waals surface area contributed by atoms with E-state index in [0.29, 0.717) is 0 Å². The van der Waals surface area contributed by atoms with Crippen molar-refractivity contribution in [1.29, 1.82) is 0 Å². The second-order valence-corrected chi connectivity index (χ2v) is 1.66. The largest absolute Gasteiger partial charge is 0.293 e. The first kappa shape index (κ1) is 6.26. The minimum Gasteiger partial charge on any atom is -0.293 e. The van der Waals surface area contributed by atoms with E-state index < -0.39 is 0 Å². The predicted molar refractivity (Wildman–Crippen MR) is 35.1 cm³/mol.